The van der Waals surface area contributed by atoms with E-state index in [9.17, 15) is 9.59 Å². The smallest absolute Gasteiger partial charge is 0.252 e. The molecule has 0 radical (unpaired) electrons. The first-order valence-corrected chi connectivity index (χ1v) is 5.61. The number of benzene rings is 1. The summed E-state index contributed by atoms with van der Waals surface area (Å²) in [6.45, 7) is 0. The maximum absolute atomic E-state index is 11.3. The Bertz CT molecular complexity index is 685. The van der Waals surface area contributed by atoms with Crippen LogP contribution < -0.4 is 21.9 Å². The number of pyridine rings is 1. The van der Waals surface area contributed by atoms with Crippen LogP contribution >= 0.6 is 0 Å². The van der Waals surface area contributed by atoms with Crippen molar-refractivity contribution < 1.29 is 14.3 Å². The van der Waals surface area contributed by atoms with Crippen molar-refractivity contribution in [2.45, 2.75) is 0 Å². The molecule has 0 aliphatic carbocycles. The van der Waals surface area contributed by atoms with Crippen molar-refractivity contribution >= 4 is 17.5 Å². The first-order chi connectivity index (χ1) is 9.49. The number of carbonyl (C=O) groups excluding carboxylic acids is 2. The van der Waals surface area contributed by atoms with Crippen LogP contribution in [0.3, 0.4) is 0 Å². The largest absolute Gasteiger partial charge is 0.438 e. The van der Waals surface area contributed by atoms with Gasteiger partial charge in [-0.25, -0.2) is 4.98 Å². The van der Waals surface area contributed by atoms with Crippen molar-refractivity contribution in [1.82, 2.24) is 4.98 Å². The summed E-state index contributed by atoms with van der Waals surface area (Å²) in [7, 11) is 0. The van der Waals surface area contributed by atoms with Crippen molar-refractivity contribution in [3.05, 3.63) is 47.7 Å². The Morgan fingerprint density at radius 1 is 1.05 bits per heavy atom. The van der Waals surface area contributed by atoms with Crippen LogP contribution in [0.15, 0.2) is 36.5 Å². The molecule has 2 aromatic rings. The second-order valence-electron chi connectivity index (χ2n) is 3.94. The summed E-state index contributed by atoms with van der Waals surface area (Å²) in [5.41, 5.74) is 16.4. The number of hydrogen-bond donors (Lipinski definition) is 3. The van der Waals surface area contributed by atoms with E-state index in [1.807, 2.05) is 0 Å². The Hall–Kier alpha value is -3.09. The highest BCUT2D eigenvalue weighted by Gasteiger charge is 2.12. The lowest BCUT2D eigenvalue weighted by Crippen LogP contribution is -2.14. The predicted octanol–water partition coefficient (Wildman–Crippen LogP) is 0.654. The van der Waals surface area contributed by atoms with Gasteiger partial charge in [0.2, 0.25) is 5.88 Å². The molecule has 0 aliphatic rings. The Morgan fingerprint density at radius 2 is 1.70 bits per heavy atom. The number of nitrogen functional groups attached to an aromatic ring is 1. The van der Waals surface area contributed by atoms with E-state index in [-0.39, 0.29) is 28.4 Å². The fourth-order valence-corrected chi connectivity index (χ4v) is 1.59. The van der Waals surface area contributed by atoms with E-state index < -0.39 is 11.8 Å². The Balaban J connectivity index is 2.38. The maximum atomic E-state index is 11.3. The molecule has 0 bridgehead atoms. The van der Waals surface area contributed by atoms with Gasteiger partial charge in [0, 0.05) is 6.07 Å². The van der Waals surface area contributed by atoms with Gasteiger partial charge in [-0.1, -0.05) is 12.1 Å². The standard InChI is InChI=1S/C13H12N4O3/c14-9-6-17-11(5-8(9)13(16)19)20-10-4-2-1-3-7(10)12(15)18/h1-6H,14H2,(H2,15,18)(H2,16,19). The van der Waals surface area contributed by atoms with Crippen LogP contribution in [0.2, 0.25) is 0 Å². The molecule has 2 rings (SSSR count). The molecule has 7 nitrogen and oxygen atoms in total. The quantitative estimate of drug-likeness (QED) is 0.751. The number of carbonyl (C=O) groups is 2. The predicted molar refractivity (Wildman–Crippen MR) is 72.2 cm³/mol. The zero-order chi connectivity index (χ0) is 14.7. The van der Waals surface area contributed by atoms with Crippen molar-refractivity contribution in [3.8, 4) is 11.6 Å². The number of nitrogens with two attached hydrogens (primary N) is 3. The molecule has 20 heavy (non-hydrogen) atoms. The fourth-order valence-electron chi connectivity index (χ4n) is 1.59. The van der Waals surface area contributed by atoms with Gasteiger partial charge in [0.15, 0.2) is 0 Å². The van der Waals surface area contributed by atoms with Crippen molar-refractivity contribution in [1.29, 1.82) is 0 Å². The summed E-state index contributed by atoms with van der Waals surface area (Å²) in [5, 5.41) is 0. The minimum Gasteiger partial charge on any atom is -0.438 e. The monoisotopic (exact) mass is 272 g/mol. The minimum absolute atomic E-state index is 0.0849. The Kier molecular flexibility index (Phi) is 3.52. The lowest BCUT2D eigenvalue weighted by atomic mass is 10.2. The van der Waals surface area contributed by atoms with Gasteiger partial charge in [-0.15, -0.1) is 0 Å². The number of nitrogens with zero attached hydrogens (tertiary/aromatic N) is 1. The first kappa shape index (κ1) is 13.3. The molecule has 6 N–H and O–H groups in total. The number of aromatic nitrogens is 1. The van der Waals surface area contributed by atoms with Crippen LogP contribution in [-0.2, 0) is 0 Å². The lowest BCUT2D eigenvalue weighted by Gasteiger charge is -2.09. The summed E-state index contributed by atoms with van der Waals surface area (Å²) in [6.07, 6.45) is 1.25. The number of primary amides is 2. The molecule has 2 amide bonds. The number of para-hydroxylation sites is 1. The number of amides is 2. The van der Waals surface area contributed by atoms with Crippen LogP contribution in [0.5, 0.6) is 11.6 Å². The van der Waals surface area contributed by atoms with Gasteiger partial charge in [-0.05, 0) is 12.1 Å². The number of hydrogen-bond acceptors (Lipinski definition) is 5. The first-order valence-electron chi connectivity index (χ1n) is 5.61. The molecule has 0 saturated carbocycles. The molecule has 102 valence electrons. The zero-order valence-corrected chi connectivity index (χ0v) is 10.4. The molecule has 0 unspecified atom stereocenters. The van der Waals surface area contributed by atoms with Gasteiger partial charge in [0.1, 0.15) is 5.75 Å². The summed E-state index contributed by atoms with van der Waals surface area (Å²) >= 11 is 0. The zero-order valence-electron chi connectivity index (χ0n) is 10.4. The summed E-state index contributed by atoms with van der Waals surface area (Å²) < 4.78 is 5.44. The third-order valence-corrected chi connectivity index (χ3v) is 2.54. The van der Waals surface area contributed by atoms with E-state index in [1.54, 1.807) is 18.2 Å². The summed E-state index contributed by atoms with van der Waals surface area (Å²) in [4.78, 5) is 26.4. The van der Waals surface area contributed by atoms with Gasteiger partial charge in [-0.3, -0.25) is 9.59 Å². The van der Waals surface area contributed by atoms with Gasteiger partial charge < -0.3 is 21.9 Å². The van der Waals surface area contributed by atoms with Crippen LogP contribution in [0.4, 0.5) is 5.69 Å². The van der Waals surface area contributed by atoms with Crippen LogP contribution in [-0.4, -0.2) is 16.8 Å². The second kappa shape index (κ2) is 5.27. The summed E-state index contributed by atoms with van der Waals surface area (Å²) in [5.74, 6) is -1.02. The molecule has 0 spiro atoms. The highest BCUT2D eigenvalue weighted by atomic mass is 16.5. The number of anilines is 1. The molecule has 0 fully saturated rings. The van der Waals surface area contributed by atoms with E-state index in [0.29, 0.717) is 0 Å². The molecular formula is C13H12N4O3. The normalized spacial score (nSPS) is 10.0. The topological polar surface area (TPSA) is 134 Å². The van der Waals surface area contributed by atoms with E-state index >= 15 is 0 Å². The highest BCUT2D eigenvalue weighted by molar-refractivity contribution is 5.98. The third-order valence-electron chi connectivity index (χ3n) is 2.54. The van der Waals surface area contributed by atoms with Gasteiger partial charge in [0.05, 0.1) is 23.0 Å². The lowest BCUT2D eigenvalue weighted by molar-refractivity contribution is 0.0989. The highest BCUT2D eigenvalue weighted by Crippen LogP contribution is 2.25. The van der Waals surface area contributed by atoms with Crippen LogP contribution in [0.1, 0.15) is 20.7 Å². The molecule has 1 aromatic heterocycles. The van der Waals surface area contributed by atoms with E-state index in [4.69, 9.17) is 21.9 Å². The van der Waals surface area contributed by atoms with E-state index in [0.717, 1.165) is 0 Å². The average molecular weight is 272 g/mol. The van der Waals surface area contributed by atoms with Gasteiger partial charge >= 0.3 is 0 Å². The number of rotatable bonds is 4. The molecule has 7 heteroatoms. The third kappa shape index (κ3) is 2.66. The van der Waals surface area contributed by atoms with Gasteiger partial charge in [0.25, 0.3) is 11.8 Å². The molecule has 1 heterocycles. The Labute approximate surface area is 114 Å². The number of ether oxygens (including phenoxy) is 1. The summed E-state index contributed by atoms with van der Waals surface area (Å²) in [6, 6.07) is 7.70. The molecule has 1 aromatic carbocycles. The van der Waals surface area contributed by atoms with Crippen molar-refractivity contribution in [2.24, 2.45) is 11.5 Å². The second-order valence-corrected chi connectivity index (χ2v) is 3.94. The average Bonchev–Trinajstić information content (AvgIpc) is 2.41. The molecule has 0 aliphatic heterocycles. The van der Waals surface area contributed by atoms with E-state index in [1.165, 1.54) is 18.3 Å². The molecule has 0 atom stereocenters. The van der Waals surface area contributed by atoms with Crippen molar-refractivity contribution in [2.75, 3.05) is 5.73 Å². The SMILES string of the molecule is NC(=O)c1cc(Oc2ccccc2C(N)=O)ncc1N. The maximum Gasteiger partial charge on any atom is 0.252 e. The van der Waals surface area contributed by atoms with E-state index in [2.05, 4.69) is 4.98 Å². The van der Waals surface area contributed by atoms with Gasteiger partial charge in [-0.2, -0.15) is 0 Å². The molecule has 0 saturated heterocycles. The van der Waals surface area contributed by atoms with Crippen LogP contribution in [0.25, 0.3) is 0 Å². The van der Waals surface area contributed by atoms with Crippen molar-refractivity contribution in [3.63, 3.8) is 0 Å². The van der Waals surface area contributed by atoms with Crippen LogP contribution in [0, 0.1) is 0 Å². The minimum atomic E-state index is -0.696. The molecular weight excluding hydrogens is 260 g/mol. The Morgan fingerprint density at radius 3 is 2.35 bits per heavy atom. The fraction of sp³-hybridized carbons (Fsp3) is 0.